The molecule has 0 radical (unpaired) electrons. The lowest BCUT2D eigenvalue weighted by Gasteiger charge is -2.33. The molecule has 5 aromatic carbocycles. The summed E-state index contributed by atoms with van der Waals surface area (Å²) in [4.78, 5) is 15.0. The Hall–Kier alpha value is -5.36. The number of rotatable bonds is 9. The Labute approximate surface area is 257 Å². The van der Waals surface area contributed by atoms with Crippen LogP contribution in [0, 0.1) is 0 Å². The molecular weight excluding hydrogens is 550 g/mol. The fourth-order valence-corrected chi connectivity index (χ4v) is 6.16. The van der Waals surface area contributed by atoms with Gasteiger partial charge in [-0.1, -0.05) is 66.7 Å². The fraction of sp³-hybridized carbons (Fsp3) is 0.158. The molecule has 0 spiro atoms. The molecule has 6 nitrogen and oxygen atoms in total. The van der Waals surface area contributed by atoms with Crippen LogP contribution >= 0.6 is 0 Å². The van der Waals surface area contributed by atoms with Crippen molar-refractivity contribution in [1.82, 2.24) is 0 Å². The Balaban J connectivity index is 1.74. The Morgan fingerprint density at radius 1 is 0.591 bits per heavy atom. The maximum absolute atomic E-state index is 15.0. The molecule has 0 bridgehead atoms. The van der Waals surface area contributed by atoms with Crippen LogP contribution < -0.4 is 18.9 Å². The molecule has 44 heavy (non-hydrogen) atoms. The van der Waals surface area contributed by atoms with Crippen LogP contribution in [0.15, 0.2) is 121 Å². The molecule has 0 saturated heterocycles. The monoisotopic (exact) mass is 584 g/mol. The zero-order valence-corrected chi connectivity index (χ0v) is 25.2. The number of ketones is 1. The molecular formula is C38H34NO5+. The van der Waals surface area contributed by atoms with E-state index in [2.05, 4.69) is 41.0 Å². The average Bonchev–Trinajstić information content (AvgIpc) is 3.10. The van der Waals surface area contributed by atoms with Crippen LogP contribution in [-0.4, -0.2) is 44.5 Å². The van der Waals surface area contributed by atoms with Gasteiger partial charge in [0.05, 0.1) is 34.0 Å². The van der Waals surface area contributed by atoms with Gasteiger partial charge < -0.3 is 18.9 Å². The summed E-state index contributed by atoms with van der Waals surface area (Å²) in [5.41, 5.74) is 6.21. The fourth-order valence-electron chi connectivity index (χ4n) is 6.16. The zero-order chi connectivity index (χ0) is 30.6. The van der Waals surface area contributed by atoms with Gasteiger partial charge in [-0.15, -0.1) is 0 Å². The number of carbonyl (C=O) groups excluding carboxylic acids is 1. The summed E-state index contributed by atoms with van der Waals surface area (Å²) < 4.78 is 25.0. The number of nitrogens with zero attached hydrogens (tertiary/aromatic N) is 1. The average molecular weight is 585 g/mol. The number of Topliss-reactive ketones (excluding diaryl/α,β-unsaturated/α-hetero) is 1. The third kappa shape index (κ3) is 5.09. The lowest BCUT2D eigenvalue weighted by Crippen LogP contribution is -2.37. The third-order valence-corrected chi connectivity index (χ3v) is 8.15. The second-order valence-corrected chi connectivity index (χ2v) is 10.5. The van der Waals surface area contributed by atoms with E-state index in [0.717, 1.165) is 33.7 Å². The van der Waals surface area contributed by atoms with E-state index in [9.17, 15) is 4.79 Å². The normalized spacial score (nSPS) is 15.7. The lowest BCUT2D eigenvalue weighted by atomic mass is 9.74. The van der Waals surface area contributed by atoms with Crippen LogP contribution in [-0.2, 0) is 0 Å². The molecule has 1 aliphatic rings. The quantitative estimate of drug-likeness (QED) is 0.132. The minimum atomic E-state index is -0.627. The number of benzene rings is 5. The van der Waals surface area contributed by atoms with Gasteiger partial charge in [-0.25, -0.2) is 0 Å². The molecule has 1 aliphatic heterocycles. The first-order chi connectivity index (χ1) is 21.6. The van der Waals surface area contributed by atoms with Crippen molar-refractivity contribution in [2.24, 2.45) is 0 Å². The van der Waals surface area contributed by atoms with E-state index in [0.29, 0.717) is 28.6 Å². The maximum Gasteiger partial charge on any atom is 0.221 e. The molecule has 2 unspecified atom stereocenters. The maximum atomic E-state index is 15.0. The number of hydrogen-bond acceptors (Lipinski definition) is 5. The van der Waals surface area contributed by atoms with Crippen molar-refractivity contribution in [3.05, 3.63) is 149 Å². The SMILES string of the molecule is COc1ccc(C(=O)C2c3cc(OC)c(OC)cc3C(c3ccccc3)=[N+](c3ccccc3)C2c2ccccc2)cc1OC. The Bertz CT molecular complexity index is 1820. The van der Waals surface area contributed by atoms with Gasteiger partial charge in [0.15, 0.2) is 34.8 Å². The van der Waals surface area contributed by atoms with Gasteiger partial charge in [0.2, 0.25) is 11.4 Å². The number of ether oxygens (including phenoxy) is 4. The molecule has 6 heteroatoms. The van der Waals surface area contributed by atoms with Crippen molar-refractivity contribution in [2.75, 3.05) is 28.4 Å². The van der Waals surface area contributed by atoms with E-state index in [1.165, 1.54) is 0 Å². The third-order valence-electron chi connectivity index (χ3n) is 8.15. The van der Waals surface area contributed by atoms with E-state index in [4.69, 9.17) is 18.9 Å². The molecule has 0 N–H and O–H groups in total. The van der Waals surface area contributed by atoms with Crippen LogP contribution in [0.3, 0.4) is 0 Å². The first-order valence-corrected chi connectivity index (χ1v) is 14.4. The summed E-state index contributed by atoms with van der Waals surface area (Å²) in [5.74, 6) is 1.52. The van der Waals surface area contributed by atoms with E-state index >= 15 is 0 Å². The summed E-state index contributed by atoms with van der Waals surface area (Å²) in [7, 11) is 6.40. The predicted molar refractivity (Wildman–Crippen MR) is 171 cm³/mol. The molecule has 0 aliphatic carbocycles. The molecule has 0 aromatic heterocycles. The van der Waals surface area contributed by atoms with Crippen LogP contribution in [0.1, 0.15) is 44.6 Å². The van der Waals surface area contributed by atoms with Crippen LogP contribution in [0.2, 0.25) is 0 Å². The Morgan fingerprint density at radius 3 is 1.75 bits per heavy atom. The van der Waals surface area contributed by atoms with Crippen molar-refractivity contribution < 1.29 is 28.3 Å². The van der Waals surface area contributed by atoms with Gasteiger partial charge in [-0.3, -0.25) is 4.79 Å². The van der Waals surface area contributed by atoms with Crippen molar-refractivity contribution in [1.29, 1.82) is 0 Å². The summed E-state index contributed by atoms with van der Waals surface area (Å²) >= 11 is 0. The summed E-state index contributed by atoms with van der Waals surface area (Å²) in [6, 6.07) is 39.6. The van der Waals surface area contributed by atoms with E-state index in [1.54, 1.807) is 46.6 Å². The highest BCUT2D eigenvalue weighted by molar-refractivity contribution is 6.14. The topological polar surface area (TPSA) is 57.0 Å². The van der Waals surface area contributed by atoms with Gasteiger partial charge in [0.25, 0.3) is 0 Å². The van der Waals surface area contributed by atoms with Gasteiger partial charge in [0.1, 0.15) is 5.92 Å². The van der Waals surface area contributed by atoms with Gasteiger partial charge in [-0.05, 0) is 48.0 Å². The predicted octanol–water partition coefficient (Wildman–Crippen LogP) is 7.62. The second-order valence-electron chi connectivity index (χ2n) is 10.5. The van der Waals surface area contributed by atoms with Crippen molar-refractivity contribution in [3.8, 4) is 23.0 Å². The van der Waals surface area contributed by atoms with Gasteiger partial charge >= 0.3 is 0 Å². The molecule has 0 fully saturated rings. The highest BCUT2D eigenvalue weighted by Gasteiger charge is 2.48. The van der Waals surface area contributed by atoms with Gasteiger partial charge in [0, 0.05) is 28.8 Å². The minimum Gasteiger partial charge on any atom is -0.493 e. The zero-order valence-electron chi connectivity index (χ0n) is 25.2. The smallest absolute Gasteiger partial charge is 0.221 e. The van der Waals surface area contributed by atoms with Crippen molar-refractivity contribution in [3.63, 3.8) is 0 Å². The molecule has 0 saturated carbocycles. The summed E-state index contributed by atoms with van der Waals surface area (Å²) in [6.07, 6.45) is 0. The standard InChI is InChI=1S/C38H34NO5/c1-41-31-21-20-27(22-32(31)42-2)38(40)35-29-23-33(43-3)34(44-4)24-30(29)36(25-14-8-5-9-15-25)39(28-18-12-7-13-19-28)37(35)26-16-10-6-11-17-26/h5-24,35,37H,1-4H3/q+1. The number of fused-ring (bicyclic) bond motifs is 1. The first kappa shape index (κ1) is 28.7. The second kappa shape index (κ2) is 12.5. The summed E-state index contributed by atoms with van der Waals surface area (Å²) in [6.45, 7) is 0. The van der Waals surface area contributed by atoms with E-state index in [-0.39, 0.29) is 5.78 Å². The van der Waals surface area contributed by atoms with Crippen molar-refractivity contribution in [2.45, 2.75) is 12.0 Å². The molecule has 6 rings (SSSR count). The minimum absolute atomic E-state index is 0.0543. The molecule has 0 amide bonds. The first-order valence-electron chi connectivity index (χ1n) is 14.4. The van der Waals surface area contributed by atoms with Crippen LogP contribution in [0.5, 0.6) is 23.0 Å². The highest BCUT2D eigenvalue weighted by Crippen LogP contribution is 2.48. The van der Waals surface area contributed by atoms with Crippen LogP contribution in [0.25, 0.3) is 0 Å². The molecule has 2 atom stereocenters. The lowest BCUT2D eigenvalue weighted by molar-refractivity contribution is -0.495. The Kier molecular flexibility index (Phi) is 8.15. The molecule has 1 heterocycles. The molecule has 220 valence electrons. The van der Waals surface area contributed by atoms with E-state index in [1.807, 2.05) is 66.7 Å². The number of carbonyl (C=O) groups is 1. The number of hydrogen-bond donors (Lipinski definition) is 0. The largest absolute Gasteiger partial charge is 0.493 e. The number of para-hydroxylation sites is 1. The van der Waals surface area contributed by atoms with E-state index < -0.39 is 12.0 Å². The highest BCUT2D eigenvalue weighted by atomic mass is 16.5. The Morgan fingerprint density at radius 2 is 1.14 bits per heavy atom. The van der Waals surface area contributed by atoms with Gasteiger partial charge in [-0.2, -0.15) is 4.58 Å². The molecule has 5 aromatic rings. The van der Waals surface area contributed by atoms with Crippen molar-refractivity contribution >= 4 is 17.2 Å². The van der Waals surface area contributed by atoms with Crippen LogP contribution in [0.4, 0.5) is 5.69 Å². The number of methoxy groups -OCH3 is 4. The summed E-state index contributed by atoms with van der Waals surface area (Å²) in [5, 5.41) is 0.